The molecular weight excluding hydrogens is 286 g/mol. The van der Waals surface area contributed by atoms with Gasteiger partial charge in [0.05, 0.1) is 6.07 Å². The van der Waals surface area contributed by atoms with Crippen LogP contribution >= 0.6 is 0 Å². The first-order valence-corrected chi connectivity index (χ1v) is 7.15. The quantitative estimate of drug-likeness (QED) is 0.457. The SMILES string of the molecule is C=CC=CC(=CC#N)C=C(C(=O)O)C(C)C=Cc1ccccc1. The Morgan fingerprint density at radius 3 is 2.61 bits per heavy atom. The van der Waals surface area contributed by atoms with Gasteiger partial charge in [0.2, 0.25) is 0 Å². The molecule has 0 heterocycles. The Hall–Kier alpha value is -3.12. The average molecular weight is 305 g/mol. The van der Waals surface area contributed by atoms with Crippen molar-refractivity contribution in [1.29, 1.82) is 5.26 Å². The maximum atomic E-state index is 11.5. The van der Waals surface area contributed by atoms with Crippen LogP contribution in [0.2, 0.25) is 0 Å². The highest BCUT2D eigenvalue weighted by Crippen LogP contribution is 2.17. The summed E-state index contributed by atoms with van der Waals surface area (Å²) < 4.78 is 0. The first-order valence-electron chi connectivity index (χ1n) is 7.15. The Morgan fingerprint density at radius 1 is 1.35 bits per heavy atom. The van der Waals surface area contributed by atoms with Gasteiger partial charge in [0.15, 0.2) is 0 Å². The monoisotopic (exact) mass is 305 g/mol. The molecule has 0 aliphatic rings. The zero-order valence-corrected chi connectivity index (χ0v) is 13.0. The number of hydrogen-bond donors (Lipinski definition) is 1. The van der Waals surface area contributed by atoms with Crippen molar-refractivity contribution in [3.05, 3.63) is 90.1 Å². The number of benzene rings is 1. The van der Waals surface area contributed by atoms with Crippen LogP contribution in [0.1, 0.15) is 12.5 Å². The molecule has 0 spiro atoms. The molecule has 0 amide bonds. The molecule has 0 radical (unpaired) electrons. The third kappa shape index (κ3) is 6.45. The number of hydrogen-bond acceptors (Lipinski definition) is 2. The Kier molecular flexibility index (Phi) is 7.60. The van der Waals surface area contributed by atoms with Crippen molar-refractivity contribution in [2.24, 2.45) is 5.92 Å². The summed E-state index contributed by atoms with van der Waals surface area (Å²) in [5.41, 5.74) is 1.74. The standard InChI is InChI=1S/C20H19NO2/c1-3-4-8-18(13-14-21)15-19(20(22)23)16(2)11-12-17-9-6-5-7-10-17/h3-13,15-16H,1H2,2H3,(H,22,23). The molecule has 3 heteroatoms. The number of carboxylic acid groups (broad SMARTS) is 1. The lowest BCUT2D eigenvalue weighted by Crippen LogP contribution is -2.08. The number of nitrogens with zero attached hydrogens (tertiary/aromatic N) is 1. The average Bonchev–Trinajstić information content (AvgIpc) is 2.55. The lowest BCUT2D eigenvalue weighted by Gasteiger charge is -2.08. The summed E-state index contributed by atoms with van der Waals surface area (Å²) in [5.74, 6) is -1.31. The molecule has 0 bridgehead atoms. The van der Waals surface area contributed by atoms with Crippen molar-refractivity contribution in [3.63, 3.8) is 0 Å². The van der Waals surface area contributed by atoms with Gasteiger partial charge in [-0.25, -0.2) is 4.79 Å². The van der Waals surface area contributed by atoms with Gasteiger partial charge in [0, 0.05) is 17.6 Å². The fourth-order valence-electron chi connectivity index (χ4n) is 1.88. The smallest absolute Gasteiger partial charge is 0.332 e. The number of carbonyl (C=O) groups is 1. The Balaban J connectivity index is 3.07. The van der Waals surface area contributed by atoms with E-state index in [1.165, 1.54) is 12.2 Å². The number of allylic oxidation sites excluding steroid dienone is 7. The Bertz CT molecular complexity index is 701. The fraction of sp³-hybridized carbons (Fsp3) is 0.100. The van der Waals surface area contributed by atoms with E-state index in [2.05, 4.69) is 6.58 Å². The first kappa shape index (κ1) is 17.9. The van der Waals surface area contributed by atoms with Crippen molar-refractivity contribution >= 4 is 12.0 Å². The van der Waals surface area contributed by atoms with Crippen LogP contribution < -0.4 is 0 Å². The second-order valence-corrected chi connectivity index (χ2v) is 4.83. The van der Waals surface area contributed by atoms with E-state index in [0.29, 0.717) is 5.57 Å². The lowest BCUT2D eigenvalue weighted by atomic mass is 9.97. The van der Waals surface area contributed by atoms with E-state index in [1.807, 2.05) is 48.6 Å². The summed E-state index contributed by atoms with van der Waals surface area (Å²) in [4.78, 5) is 11.5. The van der Waals surface area contributed by atoms with Gasteiger partial charge in [0.1, 0.15) is 0 Å². The summed E-state index contributed by atoms with van der Waals surface area (Å²) in [7, 11) is 0. The molecule has 0 aromatic heterocycles. The van der Waals surface area contributed by atoms with Gasteiger partial charge in [-0.1, -0.05) is 74.2 Å². The number of aliphatic carboxylic acids is 1. The largest absolute Gasteiger partial charge is 0.478 e. The van der Waals surface area contributed by atoms with E-state index in [-0.39, 0.29) is 11.5 Å². The van der Waals surface area contributed by atoms with Crippen molar-refractivity contribution in [3.8, 4) is 6.07 Å². The number of carboxylic acids is 1. The van der Waals surface area contributed by atoms with E-state index in [0.717, 1.165) is 5.56 Å². The third-order valence-electron chi connectivity index (χ3n) is 3.09. The maximum absolute atomic E-state index is 11.5. The van der Waals surface area contributed by atoms with Crippen molar-refractivity contribution in [2.45, 2.75) is 6.92 Å². The molecule has 1 rings (SSSR count). The van der Waals surface area contributed by atoms with Crippen molar-refractivity contribution < 1.29 is 9.90 Å². The molecule has 1 aromatic rings. The molecule has 23 heavy (non-hydrogen) atoms. The van der Waals surface area contributed by atoms with E-state index in [9.17, 15) is 9.90 Å². The van der Waals surface area contributed by atoms with Crippen LogP contribution in [0, 0.1) is 17.2 Å². The van der Waals surface area contributed by atoms with Gasteiger partial charge >= 0.3 is 5.97 Å². The maximum Gasteiger partial charge on any atom is 0.332 e. The normalized spacial score (nSPS) is 13.9. The summed E-state index contributed by atoms with van der Waals surface area (Å²) in [6, 6.07) is 11.6. The number of rotatable bonds is 7. The van der Waals surface area contributed by atoms with Crippen LogP contribution in [0.3, 0.4) is 0 Å². The van der Waals surface area contributed by atoms with Gasteiger partial charge in [0.25, 0.3) is 0 Å². The van der Waals surface area contributed by atoms with E-state index < -0.39 is 5.97 Å². The van der Waals surface area contributed by atoms with Crippen LogP contribution in [0.25, 0.3) is 6.08 Å². The minimum Gasteiger partial charge on any atom is -0.478 e. The zero-order chi connectivity index (χ0) is 17.1. The molecule has 0 aliphatic carbocycles. The molecule has 3 nitrogen and oxygen atoms in total. The summed E-state index contributed by atoms with van der Waals surface area (Å²) >= 11 is 0. The third-order valence-corrected chi connectivity index (χ3v) is 3.09. The molecule has 0 fully saturated rings. The zero-order valence-electron chi connectivity index (χ0n) is 13.0. The minimum absolute atomic E-state index is 0.215. The van der Waals surface area contributed by atoms with Gasteiger partial charge in [-0.05, 0) is 17.2 Å². The fourth-order valence-corrected chi connectivity index (χ4v) is 1.88. The second-order valence-electron chi connectivity index (χ2n) is 4.83. The van der Waals surface area contributed by atoms with Gasteiger partial charge in [-0.3, -0.25) is 0 Å². The van der Waals surface area contributed by atoms with E-state index >= 15 is 0 Å². The molecule has 116 valence electrons. The predicted molar refractivity (Wildman–Crippen MR) is 93.4 cm³/mol. The summed E-state index contributed by atoms with van der Waals surface area (Å²) in [6.45, 7) is 5.37. The second kappa shape index (κ2) is 9.75. The van der Waals surface area contributed by atoms with Crippen LogP contribution in [0.4, 0.5) is 0 Å². The predicted octanol–water partition coefficient (Wildman–Crippen LogP) is 4.54. The lowest BCUT2D eigenvalue weighted by molar-refractivity contribution is -0.133. The van der Waals surface area contributed by atoms with Crippen LogP contribution in [-0.2, 0) is 4.79 Å². The van der Waals surface area contributed by atoms with Crippen LogP contribution in [-0.4, -0.2) is 11.1 Å². The minimum atomic E-state index is -1.01. The van der Waals surface area contributed by atoms with Crippen LogP contribution in [0.5, 0.6) is 0 Å². The highest BCUT2D eigenvalue weighted by Gasteiger charge is 2.13. The number of nitriles is 1. The van der Waals surface area contributed by atoms with Gasteiger partial charge < -0.3 is 5.11 Å². The van der Waals surface area contributed by atoms with E-state index in [4.69, 9.17) is 5.26 Å². The molecule has 1 atom stereocenters. The van der Waals surface area contributed by atoms with Crippen LogP contribution in [0.15, 0.2) is 84.5 Å². The van der Waals surface area contributed by atoms with Gasteiger partial charge in [-0.2, -0.15) is 5.26 Å². The molecule has 0 aliphatic heterocycles. The summed E-state index contributed by atoms with van der Waals surface area (Å²) in [6.07, 6.45) is 11.4. The van der Waals surface area contributed by atoms with Crippen molar-refractivity contribution in [2.75, 3.05) is 0 Å². The highest BCUT2D eigenvalue weighted by molar-refractivity contribution is 5.88. The molecule has 1 aromatic carbocycles. The molecule has 0 saturated heterocycles. The topological polar surface area (TPSA) is 61.1 Å². The molecule has 0 saturated carbocycles. The molecular formula is C20H19NO2. The Labute approximate surface area is 136 Å². The van der Waals surface area contributed by atoms with E-state index in [1.54, 1.807) is 25.2 Å². The van der Waals surface area contributed by atoms with Crippen molar-refractivity contribution in [1.82, 2.24) is 0 Å². The highest BCUT2D eigenvalue weighted by atomic mass is 16.4. The first-order chi connectivity index (χ1) is 11.1. The summed E-state index contributed by atoms with van der Waals surface area (Å²) in [5, 5.41) is 18.2. The molecule has 1 unspecified atom stereocenters. The molecule has 1 N–H and O–H groups in total. The Morgan fingerprint density at radius 2 is 2.04 bits per heavy atom. The van der Waals surface area contributed by atoms with Gasteiger partial charge in [-0.15, -0.1) is 0 Å².